The van der Waals surface area contributed by atoms with Crippen molar-refractivity contribution < 1.29 is 23.9 Å². The number of hydrogen-bond donors (Lipinski definition) is 5. The first-order chi connectivity index (χ1) is 22.4. The zero-order valence-electron chi connectivity index (χ0n) is 25.3. The average molecular weight is 620 g/mol. The smallest absolute Gasteiger partial charge is 0.408 e. The van der Waals surface area contributed by atoms with Crippen LogP contribution in [0.25, 0.3) is 0 Å². The molecule has 4 amide bonds. The predicted molar refractivity (Wildman–Crippen MR) is 176 cm³/mol. The van der Waals surface area contributed by atoms with E-state index in [1.807, 2.05) is 48.7 Å². The van der Waals surface area contributed by atoms with Gasteiger partial charge in [0.05, 0.1) is 0 Å². The van der Waals surface area contributed by atoms with Gasteiger partial charge in [0, 0.05) is 42.5 Å². The van der Waals surface area contributed by atoms with Crippen LogP contribution < -0.4 is 21.3 Å². The first-order valence-corrected chi connectivity index (χ1v) is 15.3. The lowest BCUT2D eigenvalue weighted by molar-refractivity contribution is -0.128. The van der Waals surface area contributed by atoms with Crippen molar-refractivity contribution in [3.8, 4) is 0 Å². The lowest BCUT2D eigenvalue weighted by Crippen LogP contribution is -2.53. The number of fused-ring (bicyclic) bond motifs is 1. The van der Waals surface area contributed by atoms with E-state index in [0.717, 1.165) is 35.2 Å². The van der Waals surface area contributed by atoms with E-state index in [1.165, 1.54) is 0 Å². The summed E-state index contributed by atoms with van der Waals surface area (Å²) in [6, 6.07) is 25.0. The summed E-state index contributed by atoms with van der Waals surface area (Å²) >= 11 is 0. The number of ether oxygens (including phenoxy) is 1. The Morgan fingerprint density at radius 1 is 0.717 bits per heavy atom. The zero-order chi connectivity index (χ0) is 32.1. The van der Waals surface area contributed by atoms with E-state index in [1.54, 1.807) is 48.5 Å². The third kappa shape index (κ3) is 9.18. The van der Waals surface area contributed by atoms with Crippen molar-refractivity contribution in [3.05, 3.63) is 132 Å². The molecule has 2 atom stereocenters. The number of amides is 4. The van der Waals surface area contributed by atoms with Crippen molar-refractivity contribution in [2.75, 3.05) is 10.6 Å². The summed E-state index contributed by atoms with van der Waals surface area (Å²) in [5.74, 6) is -1.34. The molecule has 0 spiro atoms. The molecule has 1 aliphatic rings. The van der Waals surface area contributed by atoms with E-state index >= 15 is 0 Å². The molecule has 10 heteroatoms. The lowest BCUT2D eigenvalue weighted by atomic mass is 9.96. The van der Waals surface area contributed by atoms with Crippen LogP contribution in [0, 0.1) is 0 Å². The maximum atomic E-state index is 13.8. The van der Waals surface area contributed by atoms with Crippen LogP contribution in [0.5, 0.6) is 0 Å². The average Bonchev–Trinajstić information content (AvgIpc) is 3.49. The summed E-state index contributed by atoms with van der Waals surface area (Å²) in [6.07, 6.45) is 6.86. The Morgan fingerprint density at radius 3 is 2.04 bits per heavy atom. The Labute approximate surface area is 267 Å². The number of aromatic amines is 1. The summed E-state index contributed by atoms with van der Waals surface area (Å²) in [7, 11) is 0. The molecule has 3 aromatic carbocycles. The minimum absolute atomic E-state index is 0.00462. The number of alkyl carbamates (subject to hydrolysis) is 1. The first-order valence-electron chi connectivity index (χ1n) is 15.3. The van der Waals surface area contributed by atoms with Crippen molar-refractivity contribution in [1.29, 1.82) is 0 Å². The molecule has 0 fully saturated rings. The number of nitrogens with one attached hydrogen (secondary N) is 5. The molecule has 236 valence electrons. The van der Waals surface area contributed by atoms with Crippen LogP contribution >= 0.6 is 0 Å². The zero-order valence-corrected chi connectivity index (χ0v) is 25.3. The molecule has 1 heterocycles. The molecule has 5 N–H and O–H groups in total. The molecule has 0 saturated carbocycles. The van der Waals surface area contributed by atoms with Gasteiger partial charge in [-0.2, -0.15) is 0 Å². The topological polar surface area (TPSA) is 141 Å². The number of allylic oxidation sites excluding steroid dienone is 2. The highest BCUT2D eigenvalue weighted by Crippen LogP contribution is 2.22. The number of carbonyl (C=O) groups is 4. The molecule has 4 aromatic rings. The van der Waals surface area contributed by atoms with Gasteiger partial charge >= 0.3 is 6.09 Å². The van der Waals surface area contributed by atoms with Crippen LogP contribution in [0.15, 0.2) is 109 Å². The van der Waals surface area contributed by atoms with E-state index in [4.69, 9.17) is 4.74 Å². The van der Waals surface area contributed by atoms with Gasteiger partial charge in [0.2, 0.25) is 17.7 Å². The number of anilines is 2. The summed E-state index contributed by atoms with van der Waals surface area (Å²) in [4.78, 5) is 56.3. The Morgan fingerprint density at radius 2 is 1.35 bits per heavy atom. The Bertz CT molecular complexity index is 1650. The third-order valence-corrected chi connectivity index (χ3v) is 7.62. The minimum Gasteiger partial charge on any atom is -0.445 e. The molecule has 1 aromatic heterocycles. The molecular weight excluding hydrogens is 582 g/mol. The largest absolute Gasteiger partial charge is 0.445 e. The molecule has 0 radical (unpaired) electrons. The van der Waals surface area contributed by atoms with Gasteiger partial charge in [-0.1, -0.05) is 78.9 Å². The second-order valence-electron chi connectivity index (χ2n) is 11.0. The van der Waals surface area contributed by atoms with Crippen LogP contribution in [-0.2, 0) is 45.0 Å². The number of H-pyrrole nitrogens is 1. The van der Waals surface area contributed by atoms with Crippen LogP contribution in [0.3, 0.4) is 0 Å². The van der Waals surface area contributed by atoms with E-state index in [9.17, 15) is 19.2 Å². The van der Waals surface area contributed by atoms with E-state index < -0.39 is 30.0 Å². The SMILES string of the molecule is O=C(CCC(NC(=O)OCc1ccccc1)C(=O)NC(Cc1c[nH]c2c1CC=CC2)C(=O)Nc1ccccc1)Nc1ccccc1. The van der Waals surface area contributed by atoms with Crippen molar-refractivity contribution in [2.24, 2.45) is 0 Å². The molecule has 0 aliphatic heterocycles. The number of para-hydroxylation sites is 2. The normalized spacial score (nSPS) is 13.0. The highest BCUT2D eigenvalue weighted by Gasteiger charge is 2.29. The number of hydrogen-bond acceptors (Lipinski definition) is 5. The predicted octanol–water partition coefficient (Wildman–Crippen LogP) is 5.05. The van der Waals surface area contributed by atoms with Gasteiger partial charge in [0.1, 0.15) is 18.7 Å². The summed E-state index contributed by atoms with van der Waals surface area (Å²) in [5, 5.41) is 11.1. The summed E-state index contributed by atoms with van der Waals surface area (Å²) in [6.45, 7) is 0.00462. The minimum atomic E-state index is -1.15. The Hall–Kier alpha value is -5.64. The quantitative estimate of drug-likeness (QED) is 0.133. The van der Waals surface area contributed by atoms with Crippen molar-refractivity contribution >= 4 is 35.2 Å². The van der Waals surface area contributed by atoms with Crippen LogP contribution in [0.1, 0.15) is 35.2 Å². The van der Waals surface area contributed by atoms with Crippen LogP contribution in [0.2, 0.25) is 0 Å². The standard InChI is InChI=1S/C36H37N5O5/c42-33(38-27-14-6-2-7-15-27)21-20-31(41-36(45)46-24-25-12-4-1-5-13-25)34(43)40-32(35(44)39-28-16-8-3-9-17-28)22-26-23-37-30-19-11-10-18-29(26)30/h1-17,23,31-32,37H,18-22,24H2,(H,38,42)(H,39,44)(H,40,43)(H,41,45). The molecule has 0 bridgehead atoms. The molecule has 0 saturated heterocycles. The van der Waals surface area contributed by atoms with Gasteiger partial charge in [0.15, 0.2) is 0 Å². The van der Waals surface area contributed by atoms with Gasteiger partial charge in [-0.25, -0.2) is 4.79 Å². The van der Waals surface area contributed by atoms with Gasteiger partial charge in [0.25, 0.3) is 0 Å². The van der Waals surface area contributed by atoms with Crippen molar-refractivity contribution in [3.63, 3.8) is 0 Å². The van der Waals surface area contributed by atoms with Gasteiger partial charge in [-0.05, 0) is 53.8 Å². The molecule has 10 nitrogen and oxygen atoms in total. The maximum Gasteiger partial charge on any atom is 0.408 e. The molecule has 2 unspecified atom stereocenters. The van der Waals surface area contributed by atoms with E-state index in [2.05, 4.69) is 38.4 Å². The third-order valence-electron chi connectivity index (χ3n) is 7.62. The monoisotopic (exact) mass is 619 g/mol. The lowest BCUT2D eigenvalue weighted by Gasteiger charge is -2.23. The summed E-state index contributed by atoms with van der Waals surface area (Å²) in [5.41, 5.74) is 5.08. The molecule has 46 heavy (non-hydrogen) atoms. The Kier molecular flexibility index (Phi) is 11.0. The second-order valence-corrected chi connectivity index (χ2v) is 11.0. The fourth-order valence-corrected chi connectivity index (χ4v) is 5.21. The van der Waals surface area contributed by atoms with E-state index in [0.29, 0.717) is 11.4 Å². The van der Waals surface area contributed by atoms with Gasteiger partial charge in [-0.15, -0.1) is 0 Å². The first kappa shape index (κ1) is 31.8. The van der Waals surface area contributed by atoms with Crippen molar-refractivity contribution in [2.45, 2.75) is 50.8 Å². The number of carbonyl (C=O) groups excluding carboxylic acids is 4. The fraction of sp³-hybridized carbons (Fsp3) is 0.222. The number of aromatic nitrogens is 1. The van der Waals surface area contributed by atoms with E-state index in [-0.39, 0.29) is 31.8 Å². The maximum absolute atomic E-state index is 13.8. The molecular formula is C36H37N5O5. The Balaban J connectivity index is 1.31. The van der Waals surface area contributed by atoms with Crippen LogP contribution in [-0.4, -0.2) is 40.9 Å². The second kappa shape index (κ2) is 15.9. The summed E-state index contributed by atoms with van der Waals surface area (Å²) < 4.78 is 5.37. The molecule has 1 aliphatic carbocycles. The highest BCUT2D eigenvalue weighted by atomic mass is 16.5. The molecule has 5 rings (SSSR count). The van der Waals surface area contributed by atoms with Crippen LogP contribution in [0.4, 0.5) is 16.2 Å². The van der Waals surface area contributed by atoms with Crippen molar-refractivity contribution in [1.82, 2.24) is 15.6 Å². The van der Waals surface area contributed by atoms with Gasteiger partial charge < -0.3 is 31.0 Å². The fourth-order valence-electron chi connectivity index (χ4n) is 5.21. The highest BCUT2D eigenvalue weighted by molar-refractivity contribution is 5.98. The number of benzene rings is 3. The number of rotatable bonds is 13. The van der Waals surface area contributed by atoms with Gasteiger partial charge in [-0.3, -0.25) is 14.4 Å².